The number of carbonyl (C=O) groups excluding carboxylic acids is 1. The number of Topliss-reactive ketones (excluding diaryl/α,β-unsaturated/α-hetero) is 1. The topological polar surface area (TPSA) is 61.1 Å². The summed E-state index contributed by atoms with van der Waals surface area (Å²) in [4.78, 5) is 12.3. The van der Waals surface area contributed by atoms with Gasteiger partial charge in [-0.3, -0.25) is 4.79 Å². The number of ketones is 1. The summed E-state index contributed by atoms with van der Waals surface area (Å²) in [6.07, 6.45) is 1.52. The third-order valence-electron chi connectivity index (χ3n) is 2.75. The maximum Gasteiger partial charge on any atom is 0.203 e. The number of allylic oxidation sites excluding steroid dienone is 1. The van der Waals surface area contributed by atoms with Crippen molar-refractivity contribution < 1.29 is 9.90 Å². The SMILES string of the molecule is N#C/C(=C\c1cc(Br)c(O)c(I)c1)C(=O)c1ccccc1. The minimum absolute atomic E-state index is 0.0505. The van der Waals surface area contributed by atoms with Crippen LogP contribution in [-0.2, 0) is 0 Å². The van der Waals surface area contributed by atoms with E-state index in [0.29, 0.717) is 19.2 Å². The third kappa shape index (κ3) is 3.71. The highest BCUT2D eigenvalue weighted by Crippen LogP contribution is 2.31. The van der Waals surface area contributed by atoms with E-state index >= 15 is 0 Å². The van der Waals surface area contributed by atoms with Crippen molar-refractivity contribution in [2.45, 2.75) is 0 Å². The fraction of sp³-hybridized carbons (Fsp3) is 0. The van der Waals surface area contributed by atoms with E-state index in [0.717, 1.165) is 0 Å². The number of benzene rings is 2. The smallest absolute Gasteiger partial charge is 0.203 e. The molecule has 0 unspecified atom stereocenters. The van der Waals surface area contributed by atoms with Crippen LogP contribution in [0, 0.1) is 14.9 Å². The van der Waals surface area contributed by atoms with Gasteiger partial charge in [-0.15, -0.1) is 0 Å². The van der Waals surface area contributed by atoms with Crippen molar-refractivity contribution in [2.75, 3.05) is 0 Å². The summed E-state index contributed by atoms with van der Waals surface area (Å²) in [7, 11) is 0. The van der Waals surface area contributed by atoms with Gasteiger partial charge in [0.05, 0.1) is 8.04 Å². The van der Waals surface area contributed by atoms with Crippen molar-refractivity contribution in [2.24, 2.45) is 0 Å². The van der Waals surface area contributed by atoms with E-state index in [1.165, 1.54) is 6.08 Å². The minimum Gasteiger partial charge on any atom is -0.506 e. The van der Waals surface area contributed by atoms with E-state index in [-0.39, 0.29) is 17.1 Å². The Labute approximate surface area is 144 Å². The molecule has 0 amide bonds. The van der Waals surface area contributed by atoms with Crippen molar-refractivity contribution in [1.29, 1.82) is 5.26 Å². The maximum atomic E-state index is 12.3. The van der Waals surface area contributed by atoms with Crippen LogP contribution in [0.5, 0.6) is 5.75 Å². The monoisotopic (exact) mass is 453 g/mol. The number of hydrogen-bond acceptors (Lipinski definition) is 3. The minimum atomic E-state index is -0.322. The average Bonchev–Trinajstić information content (AvgIpc) is 2.50. The summed E-state index contributed by atoms with van der Waals surface area (Å²) in [5.41, 5.74) is 1.19. The average molecular weight is 454 g/mol. The van der Waals surface area contributed by atoms with Crippen LogP contribution < -0.4 is 0 Å². The van der Waals surface area contributed by atoms with Crippen molar-refractivity contribution >= 4 is 50.4 Å². The van der Waals surface area contributed by atoms with Crippen LogP contribution in [0.15, 0.2) is 52.5 Å². The number of hydrogen-bond donors (Lipinski definition) is 1. The molecule has 0 spiro atoms. The lowest BCUT2D eigenvalue weighted by atomic mass is 10.0. The first-order valence-corrected chi connectivity index (χ1v) is 7.79. The highest BCUT2D eigenvalue weighted by atomic mass is 127. The first-order chi connectivity index (χ1) is 10.0. The lowest BCUT2D eigenvalue weighted by molar-refractivity contribution is 0.104. The molecule has 2 aromatic carbocycles. The largest absolute Gasteiger partial charge is 0.506 e. The van der Waals surface area contributed by atoms with Crippen LogP contribution in [0.1, 0.15) is 15.9 Å². The molecule has 3 nitrogen and oxygen atoms in total. The number of rotatable bonds is 3. The predicted molar refractivity (Wildman–Crippen MR) is 92.9 cm³/mol. The van der Waals surface area contributed by atoms with Gasteiger partial charge in [0.25, 0.3) is 0 Å². The zero-order valence-corrected chi connectivity index (χ0v) is 14.4. The van der Waals surface area contributed by atoms with Gasteiger partial charge < -0.3 is 5.11 Å². The Morgan fingerprint density at radius 2 is 1.95 bits per heavy atom. The Morgan fingerprint density at radius 3 is 2.52 bits per heavy atom. The van der Waals surface area contributed by atoms with Gasteiger partial charge in [0, 0.05) is 5.56 Å². The third-order valence-corrected chi connectivity index (χ3v) is 4.18. The molecule has 0 bridgehead atoms. The number of halogens is 2. The quantitative estimate of drug-likeness (QED) is 0.321. The molecule has 0 heterocycles. The molecule has 0 aliphatic heterocycles. The van der Waals surface area contributed by atoms with Gasteiger partial charge in [0.1, 0.15) is 17.4 Å². The normalized spacial score (nSPS) is 11.0. The summed E-state index contributed by atoms with van der Waals surface area (Å²) >= 11 is 5.23. The standard InChI is InChI=1S/C16H9BrINO2/c17-13-7-10(8-14(18)16(13)21)6-12(9-19)15(20)11-4-2-1-3-5-11/h1-8,21H/b12-6+. The van der Waals surface area contributed by atoms with Crippen LogP contribution in [0.3, 0.4) is 0 Å². The number of aromatic hydroxyl groups is 1. The molecule has 0 radical (unpaired) electrons. The summed E-state index contributed by atoms with van der Waals surface area (Å²) in [6.45, 7) is 0. The molecule has 104 valence electrons. The number of carbonyl (C=O) groups is 1. The Kier molecular flexibility index (Phi) is 5.15. The first kappa shape index (κ1) is 15.7. The van der Waals surface area contributed by atoms with Gasteiger partial charge >= 0.3 is 0 Å². The Morgan fingerprint density at radius 1 is 1.29 bits per heavy atom. The van der Waals surface area contributed by atoms with Crippen molar-refractivity contribution in [3.8, 4) is 11.8 Å². The van der Waals surface area contributed by atoms with Crippen molar-refractivity contribution in [3.63, 3.8) is 0 Å². The van der Waals surface area contributed by atoms with E-state index in [1.807, 2.05) is 34.7 Å². The van der Waals surface area contributed by atoms with Crippen LogP contribution in [0.25, 0.3) is 6.08 Å². The molecule has 0 aliphatic carbocycles. The second-order valence-electron chi connectivity index (χ2n) is 4.20. The second kappa shape index (κ2) is 6.87. The molecule has 0 aromatic heterocycles. The molecule has 5 heteroatoms. The molecule has 21 heavy (non-hydrogen) atoms. The van der Waals surface area contributed by atoms with Gasteiger partial charge in [-0.25, -0.2) is 0 Å². The Hall–Kier alpha value is -1.65. The number of nitrogens with zero attached hydrogens (tertiary/aromatic N) is 1. The number of phenolic OH excluding ortho intramolecular Hbond substituents is 1. The van der Waals surface area contributed by atoms with E-state index in [4.69, 9.17) is 0 Å². The van der Waals surface area contributed by atoms with E-state index in [1.54, 1.807) is 36.4 Å². The van der Waals surface area contributed by atoms with Crippen LogP contribution in [0.4, 0.5) is 0 Å². The second-order valence-corrected chi connectivity index (χ2v) is 6.21. The van der Waals surface area contributed by atoms with Crippen LogP contribution >= 0.6 is 38.5 Å². The molecule has 0 atom stereocenters. The molecule has 1 N–H and O–H groups in total. The zero-order valence-electron chi connectivity index (χ0n) is 10.7. The summed E-state index contributed by atoms with van der Waals surface area (Å²) in [5, 5.41) is 18.9. The highest BCUT2D eigenvalue weighted by molar-refractivity contribution is 14.1. The van der Waals surface area contributed by atoms with Crippen molar-refractivity contribution in [1.82, 2.24) is 0 Å². The summed E-state index contributed by atoms with van der Waals surface area (Å²) in [5.74, 6) is -0.182. The Balaban J connectivity index is 2.43. The first-order valence-electron chi connectivity index (χ1n) is 5.92. The molecule has 2 rings (SSSR count). The van der Waals surface area contributed by atoms with Crippen LogP contribution in [0.2, 0.25) is 0 Å². The van der Waals surface area contributed by atoms with Crippen molar-refractivity contribution in [3.05, 3.63) is 67.2 Å². The van der Waals surface area contributed by atoms with E-state index in [9.17, 15) is 15.2 Å². The molecule has 0 saturated heterocycles. The van der Waals surface area contributed by atoms with E-state index < -0.39 is 0 Å². The summed E-state index contributed by atoms with van der Waals surface area (Å²) in [6, 6.07) is 14.0. The van der Waals surface area contributed by atoms with Crippen LogP contribution in [-0.4, -0.2) is 10.9 Å². The molecule has 0 fully saturated rings. The number of phenols is 1. The molecule has 0 aliphatic rings. The molecule has 0 saturated carbocycles. The fourth-order valence-electron chi connectivity index (χ4n) is 1.73. The van der Waals surface area contributed by atoms with Gasteiger partial charge in [-0.05, 0) is 62.3 Å². The maximum absolute atomic E-state index is 12.3. The predicted octanol–water partition coefficient (Wildman–Crippen LogP) is 4.55. The number of nitriles is 1. The Bertz CT molecular complexity index is 741. The van der Waals surface area contributed by atoms with Gasteiger partial charge in [-0.2, -0.15) is 5.26 Å². The lowest BCUT2D eigenvalue weighted by Crippen LogP contribution is -2.01. The van der Waals surface area contributed by atoms with E-state index in [2.05, 4.69) is 15.9 Å². The molecular weight excluding hydrogens is 445 g/mol. The van der Waals surface area contributed by atoms with Gasteiger partial charge in [-0.1, -0.05) is 30.3 Å². The lowest BCUT2D eigenvalue weighted by Gasteiger charge is -2.04. The van der Waals surface area contributed by atoms with Gasteiger partial charge in [0.2, 0.25) is 5.78 Å². The molecular formula is C16H9BrINO2. The molecule has 2 aromatic rings. The summed E-state index contributed by atoms with van der Waals surface area (Å²) < 4.78 is 1.16. The fourth-order valence-corrected chi connectivity index (χ4v) is 3.23. The zero-order chi connectivity index (χ0) is 15.4. The highest BCUT2D eigenvalue weighted by Gasteiger charge is 2.12. The van der Waals surface area contributed by atoms with Gasteiger partial charge in [0.15, 0.2) is 0 Å².